The molecule has 1 aliphatic rings. The molecule has 2 N–H and O–H groups in total. The van der Waals surface area contributed by atoms with Gasteiger partial charge in [0.25, 0.3) is 5.91 Å². The first-order valence-corrected chi connectivity index (χ1v) is 10.0. The average Bonchev–Trinajstić information content (AvgIpc) is 3.21. The van der Waals surface area contributed by atoms with Gasteiger partial charge in [0.15, 0.2) is 0 Å². The Morgan fingerprint density at radius 3 is 2.32 bits per heavy atom. The molecule has 3 rings (SSSR count). The summed E-state index contributed by atoms with van der Waals surface area (Å²) in [5, 5.41) is 5.88. The largest absolute Gasteiger partial charge is 0.352 e. The normalized spacial score (nSPS) is 15.2. The van der Waals surface area contributed by atoms with Crippen LogP contribution in [0.5, 0.6) is 0 Å². The van der Waals surface area contributed by atoms with E-state index in [1.807, 2.05) is 31.2 Å². The molecule has 0 aliphatic carbocycles. The predicted octanol–water partition coefficient (Wildman–Crippen LogP) is 3.11. The van der Waals surface area contributed by atoms with Gasteiger partial charge in [0, 0.05) is 31.1 Å². The molecule has 1 atom stereocenters. The molecule has 2 aromatic rings. The Morgan fingerprint density at radius 1 is 0.964 bits per heavy atom. The zero-order valence-electron chi connectivity index (χ0n) is 16.5. The van der Waals surface area contributed by atoms with Crippen molar-refractivity contribution in [3.8, 4) is 0 Å². The van der Waals surface area contributed by atoms with E-state index < -0.39 is 0 Å². The molecule has 0 radical (unpaired) electrons. The highest BCUT2D eigenvalue weighted by molar-refractivity contribution is 5.94. The van der Waals surface area contributed by atoms with Crippen LogP contribution in [0, 0.1) is 0 Å². The van der Waals surface area contributed by atoms with Crippen LogP contribution in [0.15, 0.2) is 54.6 Å². The second-order valence-corrected chi connectivity index (χ2v) is 7.47. The van der Waals surface area contributed by atoms with Gasteiger partial charge in [0.2, 0.25) is 5.91 Å². The van der Waals surface area contributed by atoms with Gasteiger partial charge in [0.1, 0.15) is 0 Å². The van der Waals surface area contributed by atoms with E-state index in [2.05, 4.69) is 33.7 Å². The molecule has 0 aromatic heterocycles. The van der Waals surface area contributed by atoms with E-state index in [0.717, 1.165) is 25.2 Å². The SMILES string of the molecule is CC(CC(=O)NCc1ccccc1CN1CCCC1)NC(=O)c1ccccc1. The van der Waals surface area contributed by atoms with Gasteiger partial charge in [-0.1, -0.05) is 42.5 Å². The van der Waals surface area contributed by atoms with E-state index in [1.54, 1.807) is 12.1 Å². The number of nitrogens with one attached hydrogen (secondary N) is 2. The fourth-order valence-corrected chi connectivity index (χ4v) is 3.56. The third-order valence-corrected chi connectivity index (χ3v) is 5.09. The molecule has 1 fully saturated rings. The van der Waals surface area contributed by atoms with Crippen LogP contribution in [0.2, 0.25) is 0 Å². The van der Waals surface area contributed by atoms with Gasteiger partial charge in [-0.3, -0.25) is 14.5 Å². The second-order valence-electron chi connectivity index (χ2n) is 7.47. The summed E-state index contributed by atoms with van der Waals surface area (Å²) < 4.78 is 0. The first kappa shape index (κ1) is 20.1. The number of carbonyl (C=O) groups is 2. The van der Waals surface area contributed by atoms with Gasteiger partial charge in [0.05, 0.1) is 0 Å². The lowest BCUT2D eigenvalue weighted by Crippen LogP contribution is -2.37. The molecule has 0 spiro atoms. The first-order chi connectivity index (χ1) is 13.6. The van der Waals surface area contributed by atoms with Gasteiger partial charge >= 0.3 is 0 Å². The lowest BCUT2D eigenvalue weighted by Gasteiger charge is -2.18. The van der Waals surface area contributed by atoms with Gasteiger partial charge < -0.3 is 10.6 Å². The fraction of sp³-hybridized carbons (Fsp3) is 0.391. The smallest absolute Gasteiger partial charge is 0.251 e. The minimum absolute atomic E-state index is 0.0585. The number of hydrogen-bond acceptors (Lipinski definition) is 3. The summed E-state index contributed by atoms with van der Waals surface area (Å²) in [4.78, 5) is 27.0. The van der Waals surface area contributed by atoms with Crippen molar-refractivity contribution >= 4 is 11.8 Å². The van der Waals surface area contributed by atoms with E-state index in [9.17, 15) is 9.59 Å². The zero-order chi connectivity index (χ0) is 19.8. The van der Waals surface area contributed by atoms with Gasteiger partial charge in [-0.15, -0.1) is 0 Å². The molecule has 1 heterocycles. The molecule has 5 heteroatoms. The van der Waals surface area contributed by atoms with E-state index in [4.69, 9.17) is 0 Å². The fourth-order valence-electron chi connectivity index (χ4n) is 3.56. The van der Waals surface area contributed by atoms with Crippen LogP contribution in [0.25, 0.3) is 0 Å². The molecule has 1 aliphatic heterocycles. The Labute approximate surface area is 167 Å². The average molecular weight is 380 g/mol. The Hall–Kier alpha value is -2.66. The number of nitrogens with zero attached hydrogens (tertiary/aromatic N) is 1. The molecular weight excluding hydrogens is 350 g/mol. The van der Waals surface area contributed by atoms with Crippen molar-refractivity contribution in [2.24, 2.45) is 0 Å². The Bertz CT molecular complexity index is 785. The number of carbonyl (C=O) groups excluding carboxylic acids is 2. The number of benzene rings is 2. The van der Waals surface area contributed by atoms with Crippen molar-refractivity contribution in [1.29, 1.82) is 0 Å². The van der Waals surface area contributed by atoms with E-state index in [0.29, 0.717) is 12.1 Å². The van der Waals surface area contributed by atoms with Crippen molar-refractivity contribution in [2.75, 3.05) is 13.1 Å². The maximum atomic E-state index is 12.3. The molecule has 2 aromatic carbocycles. The molecule has 0 bridgehead atoms. The topological polar surface area (TPSA) is 61.4 Å². The summed E-state index contributed by atoms with van der Waals surface area (Å²) in [6.45, 7) is 5.61. The summed E-state index contributed by atoms with van der Waals surface area (Å²) >= 11 is 0. The molecule has 2 amide bonds. The molecule has 28 heavy (non-hydrogen) atoms. The maximum Gasteiger partial charge on any atom is 0.251 e. The van der Waals surface area contributed by atoms with Crippen molar-refractivity contribution in [3.63, 3.8) is 0 Å². The number of rotatable bonds is 8. The van der Waals surface area contributed by atoms with Crippen LogP contribution in [-0.4, -0.2) is 35.8 Å². The van der Waals surface area contributed by atoms with Crippen LogP contribution in [0.4, 0.5) is 0 Å². The predicted molar refractivity (Wildman–Crippen MR) is 111 cm³/mol. The maximum absolute atomic E-state index is 12.3. The Balaban J connectivity index is 1.47. The Kier molecular flexibility index (Phi) is 7.20. The first-order valence-electron chi connectivity index (χ1n) is 10.0. The highest BCUT2D eigenvalue weighted by atomic mass is 16.2. The third-order valence-electron chi connectivity index (χ3n) is 5.09. The summed E-state index contributed by atoms with van der Waals surface area (Å²) in [7, 11) is 0. The van der Waals surface area contributed by atoms with Gasteiger partial charge in [-0.25, -0.2) is 0 Å². The quantitative estimate of drug-likeness (QED) is 0.741. The molecule has 148 valence electrons. The third kappa shape index (κ3) is 5.92. The number of likely N-dealkylation sites (tertiary alicyclic amines) is 1. The summed E-state index contributed by atoms with van der Waals surface area (Å²) in [6, 6.07) is 17.1. The lowest BCUT2D eigenvalue weighted by atomic mass is 10.1. The summed E-state index contributed by atoms with van der Waals surface area (Å²) in [6.07, 6.45) is 2.80. The van der Waals surface area contributed by atoms with Crippen LogP contribution in [0.1, 0.15) is 47.7 Å². The molecular formula is C23H29N3O2. The minimum atomic E-state index is -0.229. The van der Waals surface area contributed by atoms with Crippen LogP contribution in [-0.2, 0) is 17.9 Å². The second kappa shape index (κ2) is 10.0. The lowest BCUT2D eigenvalue weighted by molar-refractivity contribution is -0.121. The number of amides is 2. The van der Waals surface area contributed by atoms with E-state index in [-0.39, 0.29) is 24.3 Å². The van der Waals surface area contributed by atoms with E-state index in [1.165, 1.54) is 18.4 Å². The van der Waals surface area contributed by atoms with Crippen molar-refractivity contribution < 1.29 is 9.59 Å². The van der Waals surface area contributed by atoms with Crippen molar-refractivity contribution in [2.45, 2.75) is 45.3 Å². The van der Waals surface area contributed by atoms with Crippen LogP contribution in [0.3, 0.4) is 0 Å². The Morgan fingerprint density at radius 2 is 1.61 bits per heavy atom. The molecule has 1 saturated heterocycles. The van der Waals surface area contributed by atoms with Crippen molar-refractivity contribution in [1.82, 2.24) is 15.5 Å². The summed E-state index contributed by atoms with van der Waals surface area (Å²) in [5.74, 6) is -0.214. The molecule has 5 nitrogen and oxygen atoms in total. The monoisotopic (exact) mass is 379 g/mol. The standard InChI is InChI=1S/C23H29N3O2/c1-18(25-23(28)19-9-3-2-4-10-19)15-22(27)24-16-20-11-5-6-12-21(20)17-26-13-7-8-14-26/h2-6,9-12,18H,7-8,13-17H2,1H3,(H,24,27)(H,25,28). The highest BCUT2D eigenvalue weighted by Crippen LogP contribution is 2.16. The van der Waals surface area contributed by atoms with Crippen LogP contribution >= 0.6 is 0 Å². The highest BCUT2D eigenvalue weighted by Gasteiger charge is 2.15. The van der Waals surface area contributed by atoms with Gasteiger partial charge in [-0.05, 0) is 56.1 Å². The van der Waals surface area contributed by atoms with E-state index >= 15 is 0 Å². The van der Waals surface area contributed by atoms with Crippen LogP contribution < -0.4 is 10.6 Å². The van der Waals surface area contributed by atoms with Crippen molar-refractivity contribution in [3.05, 3.63) is 71.3 Å². The molecule has 0 saturated carbocycles. The zero-order valence-corrected chi connectivity index (χ0v) is 16.5. The minimum Gasteiger partial charge on any atom is -0.352 e. The summed E-state index contributed by atoms with van der Waals surface area (Å²) in [5.41, 5.74) is 3.03. The molecule has 1 unspecified atom stereocenters. The number of hydrogen-bond donors (Lipinski definition) is 2. The van der Waals surface area contributed by atoms with Gasteiger partial charge in [-0.2, -0.15) is 0 Å².